The summed E-state index contributed by atoms with van der Waals surface area (Å²) in [5.41, 5.74) is 3.31. The van der Waals surface area contributed by atoms with Crippen LogP contribution in [0.2, 0.25) is 0 Å². The molecule has 3 aromatic carbocycles. The van der Waals surface area contributed by atoms with Crippen LogP contribution >= 0.6 is 0 Å². The van der Waals surface area contributed by atoms with Crippen molar-refractivity contribution in [2.75, 3.05) is 13.7 Å². The van der Waals surface area contributed by atoms with Crippen LogP contribution in [0.4, 0.5) is 13.2 Å². The average molecular weight is 469 g/mol. The lowest BCUT2D eigenvalue weighted by molar-refractivity contribution is 0.0655. The molecule has 2 nitrogen and oxygen atoms in total. The number of hydrogen-bond donors (Lipinski definition) is 0. The largest absolute Gasteiger partial charge is 0.491 e. The molecule has 3 aromatic rings. The Balaban J connectivity index is 1.42. The Bertz CT molecular complexity index is 1100. The van der Waals surface area contributed by atoms with Gasteiger partial charge in [-0.1, -0.05) is 42.5 Å². The van der Waals surface area contributed by atoms with E-state index in [1.807, 2.05) is 37.3 Å². The van der Waals surface area contributed by atoms with Crippen LogP contribution in [0.15, 0.2) is 54.6 Å². The second-order valence-electron chi connectivity index (χ2n) is 8.93. The molecule has 0 saturated heterocycles. The normalized spacial score (nSPS) is 18.1. The summed E-state index contributed by atoms with van der Waals surface area (Å²) in [5, 5.41) is 0. The highest BCUT2D eigenvalue weighted by Gasteiger charge is 2.26. The van der Waals surface area contributed by atoms with Crippen molar-refractivity contribution in [3.05, 3.63) is 88.7 Å². The van der Waals surface area contributed by atoms with Crippen molar-refractivity contribution < 1.29 is 22.6 Å². The lowest BCUT2D eigenvalue weighted by atomic mass is 9.82. The zero-order valence-electron chi connectivity index (χ0n) is 19.8. The lowest BCUT2D eigenvalue weighted by Crippen LogP contribution is -2.20. The molecule has 5 heteroatoms. The van der Waals surface area contributed by atoms with Crippen LogP contribution in [0.3, 0.4) is 0 Å². The van der Waals surface area contributed by atoms with Gasteiger partial charge in [0.1, 0.15) is 0 Å². The summed E-state index contributed by atoms with van der Waals surface area (Å²) in [7, 11) is 1.70. The monoisotopic (exact) mass is 468 g/mol. The molecule has 0 aliphatic heterocycles. The summed E-state index contributed by atoms with van der Waals surface area (Å²) < 4.78 is 54.6. The molecular weight excluding hydrogens is 437 g/mol. The third-order valence-corrected chi connectivity index (χ3v) is 6.82. The standard InChI is InChI=1S/C29H31F3O2/c1-3-34-27-17-8-20(18-26(27)30)5-4-19-6-9-21(10-7-19)24-15-16-25(29(32)28(24)31)22-11-13-23(33-2)14-12-22/h6-10,15-18,22-23H,3-5,11-14H2,1-2H3. The Hall–Kier alpha value is -2.79. The maximum absolute atomic E-state index is 15.0. The lowest BCUT2D eigenvalue weighted by Gasteiger charge is -2.28. The molecule has 1 aliphatic carbocycles. The molecule has 0 aromatic heterocycles. The molecule has 1 aliphatic rings. The van der Waals surface area contributed by atoms with Crippen LogP contribution in [0.25, 0.3) is 11.1 Å². The van der Waals surface area contributed by atoms with Gasteiger partial charge in [-0.05, 0) is 85.8 Å². The van der Waals surface area contributed by atoms with E-state index in [1.165, 1.54) is 6.07 Å². The first kappa shape index (κ1) is 24.3. The molecule has 0 N–H and O–H groups in total. The highest BCUT2D eigenvalue weighted by Crippen LogP contribution is 2.37. The first-order chi connectivity index (χ1) is 16.5. The maximum atomic E-state index is 15.0. The summed E-state index contributed by atoms with van der Waals surface area (Å²) in [6.45, 7) is 2.24. The first-order valence-electron chi connectivity index (χ1n) is 12.0. The van der Waals surface area contributed by atoms with Gasteiger partial charge in [0.25, 0.3) is 0 Å². The summed E-state index contributed by atoms with van der Waals surface area (Å²) in [5.74, 6) is -1.59. The Labute approximate surface area is 199 Å². The van der Waals surface area contributed by atoms with Gasteiger partial charge < -0.3 is 9.47 Å². The second-order valence-corrected chi connectivity index (χ2v) is 8.93. The van der Waals surface area contributed by atoms with Crippen LogP contribution in [0.5, 0.6) is 5.75 Å². The molecule has 1 fully saturated rings. The van der Waals surface area contributed by atoms with Gasteiger partial charge in [0.05, 0.1) is 12.7 Å². The van der Waals surface area contributed by atoms with Crippen LogP contribution < -0.4 is 4.74 Å². The maximum Gasteiger partial charge on any atom is 0.166 e. The molecule has 34 heavy (non-hydrogen) atoms. The highest BCUT2D eigenvalue weighted by atomic mass is 19.2. The number of rotatable bonds is 8. The average Bonchev–Trinajstić information content (AvgIpc) is 2.86. The second kappa shape index (κ2) is 11.1. The molecule has 0 bridgehead atoms. The SMILES string of the molecule is CCOc1ccc(CCc2ccc(-c3ccc(C4CCC(OC)CC4)c(F)c3F)cc2)cc1F. The summed E-state index contributed by atoms with van der Waals surface area (Å²) in [6, 6.07) is 15.9. The fourth-order valence-corrected chi connectivity index (χ4v) is 4.82. The van der Waals surface area contributed by atoms with E-state index < -0.39 is 11.6 Å². The van der Waals surface area contributed by atoms with Crippen LogP contribution in [0, 0.1) is 17.5 Å². The molecule has 0 unspecified atom stereocenters. The van der Waals surface area contributed by atoms with E-state index >= 15 is 0 Å². The van der Waals surface area contributed by atoms with Crippen LogP contribution in [-0.2, 0) is 17.6 Å². The topological polar surface area (TPSA) is 18.5 Å². The molecule has 0 spiro atoms. The van der Waals surface area contributed by atoms with E-state index in [0.29, 0.717) is 30.6 Å². The Kier molecular flexibility index (Phi) is 7.94. The van der Waals surface area contributed by atoms with E-state index in [0.717, 1.165) is 36.8 Å². The predicted octanol–water partition coefficient (Wildman–Crippen LogP) is 7.63. The van der Waals surface area contributed by atoms with Gasteiger partial charge in [-0.3, -0.25) is 0 Å². The number of benzene rings is 3. The molecular formula is C29H31F3O2. The Morgan fingerprint density at radius 1 is 0.794 bits per heavy atom. The van der Waals surface area contributed by atoms with E-state index in [2.05, 4.69) is 0 Å². The van der Waals surface area contributed by atoms with Crippen molar-refractivity contribution in [1.82, 2.24) is 0 Å². The minimum atomic E-state index is -0.788. The number of hydrogen-bond acceptors (Lipinski definition) is 2. The molecule has 4 rings (SSSR count). The van der Waals surface area contributed by atoms with Crippen LogP contribution in [-0.4, -0.2) is 19.8 Å². The number of halogens is 3. The van der Waals surface area contributed by atoms with Crippen LogP contribution in [0.1, 0.15) is 55.2 Å². The van der Waals surface area contributed by atoms with Crippen molar-refractivity contribution in [3.8, 4) is 16.9 Å². The first-order valence-corrected chi connectivity index (χ1v) is 12.0. The van der Waals surface area contributed by atoms with E-state index in [9.17, 15) is 13.2 Å². The van der Waals surface area contributed by atoms with Crippen molar-refractivity contribution in [2.45, 2.75) is 57.5 Å². The third-order valence-electron chi connectivity index (χ3n) is 6.82. The van der Waals surface area contributed by atoms with E-state index in [1.54, 1.807) is 25.3 Å². The molecule has 1 saturated carbocycles. The zero-order chi connectivity index (χ0) is 24.1. The zero-order valence-corrected chi connectivity index (χ0v) is 19.8. The number of ether oxygens (including phenoxy) is 2. The highest BCUT2D eigenvalue weighted by molar-refractivity contribution is 5.65. The molecule has 0 radical (unpaired) electrons. The minimum Gasteiger partial charge on any atom is -0.491 e. The minimum absolute atomic E-state index is 0.0322. The van der Waals surface area contributed by atoms with Gasteiger partial charge in [-0.15, -0.1) is 0 Å². The van der Waals surface area contributed by atoms with Gasteiger partial charge in [-0.2, -0.15) is 0 Å². The smallest absolute Gasteiger partial charge is 0.166 e. The van der Waals surface area contributed by atoms with E-state index in [-0.39, 0.29) is 29.2 Å². The van der Waals surface area contributed by atoms with E-state index in [4.69, 9.17) is 9.47 Å². The summed E-state index contributed by atoms with van der Waals surface area (Å²) >= 11 is 0. The molecule has 0 atom stereocenters. The summed E-state index contributed by atoms with van der Waals surface area (Å²) in [6.07, 6.45) is 4.96. The van der Waals surface area contributed by atoms with Crippen molar-refractivity contribution in [1.29, 1.82) is 0 Å². The van der Waals surface area contributed by atoms with Gasteiger partial charge in [0, 0.05) is 12.7 Å². The van der Waals surface area contributed by atoms with Crippen molar-refractivity contribution in [2.24, 2.45) is 0 Å². The Morgan fingerprint density at radius 3 is 2.12 bits per heavy atom. The Morgan fingerprint density at radius 2 is 1.47 bits per heavy atom. The molecule has 180 valence electrons. The fraction of sp³-hybridized carbons (Fsp3) is 0.379. The van der Waals surface area contributed by atoms with Gasteiger partial charge in [-0.25, -0.2) is 13.2 Å². The summed E-state index contributed by atoms with van der Waals surface area (Å²) in [4.78, 5) is 0. The van der Waals surface area contributed by atoms with Gasteiger partial charge in [0.2, 0.25) is 0 Å². The van der Waals surface area contributed by atoms with Gasteiger partial charge >= 0.3 is 0 Å². The predicted molar refractivity (Wildman–Crippen MR) is 129 cm³/mol. The van der Waals surface area contributed by atoms with Gasteiger partial charge in [0.15, 0.2) is 23.2 Å². The third kappa shape index (κ3) is 5.47. The fourth-order valence-electron chi connectivity index (χ4n) is 4.82. The molecule has 0 heterocycles. The van der Waals surface area contributed by atoms with Crippen molar-refractivity contribution in [3.63, 3.8) is 0 Å². The quantitative estimate of drug-likeness (QED) is 0.338. The number of aryl methyl sites for hydroxylation is 2. The van der Waals surface area contributed by atoms with Crippen molar-refractivity contribution >= 4 is 0 Å². The number of methoxy groups -OCH3 is 1. The molecule has 0 amide bonds.